The number of halogens is 1. The number of aromatic nitrogens is 1. The Morgan fingerprint density at radius 3 is 2.71 bits per heavy atom. The summed E-state index contributed by atoms with van der Waals surface area (Å²) in [5.74, 6) is -0.0365. The fraction of sp³-hybridized carbons (Fsp3) is 0.182. The van der Waals surface area contributed by atoms with Gasteiger partial charge in [-0.1, -0.05) is 23.7 Å². The van der Waals surface area contributed by atoms with Crippen LogP contribution in [0.25, 0.3) is 10.9 Å². The van der Waals surface area contributed by atoms with E-state index < -0.39 is 0 Å². The molecule has 1 aromatic heterocycles. The third kappa shape index (κ3) is 1.23. The molecular formula is C11H10ClNO. The molecule has 1 heterocycles. The maximum Gasteiger partial charge on any atom is 0.177 e. The summed E-state index contributed by atoms with van der Waals surface area (Å²) in [6.45, 7) is 3.48. The maximum atomic E-state index is 11.2. The number of Topliss-reactive ketones (excluding diaryl/α,β-unsaturated/α-hetero) is 1. The topological polar surface area (TPSA) is 32.9 Å². The predicted molar refractivity (Wildman–Crippen MR) is 58.1 cm³/mol. The van der Waals surface area contributed by atoms with E-state index in [1.165, 1.54) is 6.92 Å². The molecule has 2 rings (SSSR count). The average molecular weight is 208 g/mol. The lowest BCUT2D eigenvalue weighted by Gasteiger charge is -1.94. The molecule has 72 valence electrons. The van der Waals surface area contributed by atoms with Crippen LogP contribution in [0.15, 0.2) is 18.2 Å². The van der Waals surface area contributed by atoms with Gasteiger partial charge in [-0.05, 0) is 18.6 Å². The minimum Gasteiger partial charge on any atom is -0.351 e. The van der Waals surface area contributed by atoms with Crippen molar-refractivity contribution < 1.29 is 4.79 Å². The molecule has 2 aromatic rings. The Balaban J connectivity index is 2.87. The monoisotopic (exact) mass is 207 g/mol. The molecule has 0 unspecified atom stereocenters. The summed E-state index contributed by atoms with van der Waals surface area (Å²) in [5, 5.41) is 1.48. The first-order chi connectivity index (χ1) is 6.61. The van der Waals surface area contributed by atoms with E-state index >= 15 is 0 Å². The zero-order valence-corrected chi connectivity index (χ0v) is 8.77. The molecule has 0 aliphatic carbocycles. The van der Waals surface area contributed by atoms with Crippen LogP contribution < -0.4 is 0 Å². The number of fused-ring (bicyclic) bond motifs is 1. The van der Waals surface area contributed by atoms with Gasteiger partial charge < -0.3 is 4.98 Å². The highest BCUT2D eigenvalue weighted by Crippen LogP contribution is 2.30. The number of carbonyl (C=O) groups is 1. The Hall–Kier alpha value is -1.28. The molecular weight excluding hydrogens is 198 g/mol. The SMILES string of the molecule is CC(=O)c1[nH]c2cccc(C)c2c1Cl. The zero-order valence-electron chi connectivity index (χ0n) is 8.02. The zero-order chi connectivity index (χ0) is 10.3. The van der Waals surface area contributed by atoms with Crippen LogP contribution in [-0.4, -0.2) is 10.8 Å². The third-order valence-electron chi connectivity index (χ3n) is 2.32. The Bertz CT molecular complexity index is 513. The molecule has 0 saturated carbocycles. The third-order valence-corrected chi connectivity index (χ3v) is 2.70. The number of ketones is 1. The number of rotatable bonds is 1. The first-order valence-corrected chi connectivity index (χ1v) is 4.77. The molecule has 0 bridgehead atoms. The van der Waals surface area contributed by atoms with Gasteiger partial charge in [0.1, 0.15) is 5.69 Å². The van der Waals surface area contributed by atoms with Crippen LogP contribution in [-0.2, 0) is 0 Å². The van der Waals surface area contributed by atoms with E-state index in [-0.39, 0.29) is 5.78 Å². The van der Waals surface area contributed by atoms with Crippen LogP contribution in [0.5, 0.6) is 0 Å². The van der Waals surface area contributed by atoms with E-state index in [1.54, 1.807) is 0 Å². The lowest BCUT2D eigenvalue weighted by molar-refractivity contribution is 0.101. The molecule has 1 N–H and O–H groups in total. The fourth-order valence-electron chi connectivity index (χ4n) is 1.62. The Morgan fingerprint density at radius 1 is 1.43 bits per heavy atom. The van der Waals surface area contributed by atoms with E-state index in [4.69, 9.17) is 11.6 Å². The second-order valence-electron chi connectivity index (χ2n) is 3.37. The number of benzene rings is 1. The largest absolute Gasteiger partial charge is 0.351 e. The number of nitrogens with one attached hydrogen (secondary N) is 1. The second-order valence-corrected chi connectivity index (χ2v) is 3.75. The molecule has 0 fully saturated rings. The fourth-order valence-corrected chi connectivity index (χ4v) is 2.05. The van der Waals surface area contributed by atoms with Crippen molar-refractivity contribution in [1.29, 1.82) is 0 Å². The molecule has 0 atom stereocenters. The summed E-state index contributed by atoms with van der Waals surface area (Å²) in [6.07, 6.45) is 0. The summed E-state index contributed by atoms with van der Waals surface area (Å²) in [6, 6.07) is 5.83. The van der Waals surface area contributed by atoms with Crippen LogP contribution in [0.2, 0.25) is 5.02 Å². The van der Waals surface area contributed by atoms with Crippen molar-refractivity contribution in [2.75, 3.05) is 0 Å². The quantitative estimate of drug-likeness (QED) is 0.715. The number of hydrogen-bond donors (Lipinski definition) is 1. The Kier molecular flexibility index (Phi) is 2.08. The van der Waals surface area contributed by atoms with E-state index in [0.29, 0.717) is 10.7 Å². The molecule has 3 heteroatoms. The van der Waals surface area contributed by atoms with Crippen LogP contribution in [0, 0.1) is 6.92 Å². The minimum atomic E-state index is -0.0365. The summed E-state index contributed by atoms with van der Waals surface area (Å²) in [5.41, 5.74) is 2.49. The molecule has 0 aliphatic rings. The van der Waals surface area contributed by atoms with Crippen molar-refractivity contribution in [3.8, 4) is 0 Å². The van der Waals surface area contributed by atoms with Crippen LogP contribution in [0.1, 0.15) is 23.0 Å². The first kappa shape index (κ1) is 9.28. The standard InChI is InChI=1S/C11H10ClNO/c1-6-4-3-5-8-9(6)10(12)11(13-8)7(2)14/h3-5,13H,1-2H3. The van der Waals surface area contributed by atoms with Crippen LogP contribution in [0.3, 0.4) is 0 Å². The van der Waals surface area contributed by atoms with Gasteiger partial charge in [-0.2, -0.15) is 0 Å². The van der Waals surface area contributed by atoms with Crippen molar-refractivity contribution in [3.63, 3.8) is 0 Å². The summed E-state index contributed by atoms with van der Waals surface area (Å²) in [7, 11) is 0. The Labute approximate surface area is 86.9 Å². The lowest BCUT2D eigenvalue weighted by Crippen LogP contribution is -1.91. The van der Waals surface area contributed by atoms with Crippen molar-refractivity contribution >= 4 is 28.3 Å². The number of carbonyl (C=O) groups excluding carboxylic acids is 1. The summed E-state index contributed by atoms with van der Waals surface area (Å²) >= 11 is 6.11. The van der Waals surface area contributed by atoms with Gasteiger partial charge in [-0.3, -0.25) is 4.79 Å². The minimum absolute atomic E-state index is 0.0365. The van der Waals surface area contributed by atoms with E-state index in [2.05, 4.69) is 4.98 Å². The van der Waals surface area contributed by atoms with Crippen LogP contribution in [0.4, 0.5) is 0 Å². The van der Waals surface area contributed by atoms with Crippen molar-refractivity contribution in [1.82, 2.24) is 4.98 Å². The number of hydrogen-bond acceptors (Lipinski definition) is 1. The average Bonchev–Trinajstić information content (AvgIpc) is 2.45. The van der Waals surface area contributed by atoms with Gasteiger partial charge >= 0.3 is 0 Å². The molecule has 0 amide bonds. The first-order valence-electron chi connectivity index (χ1n) is 4.39. The highest BCUT2D eigenvalue weighted by atomic mass is 35.5. The smallest absolute Gasteiger partial charge is 0.177 e. The Morgan fingerprint density at radius 2 is 2.14 bits per heavy atom. The number of H-pyrrole nitrogens is 1. The van der Waals surface area contributed by atoms with Crippen molar-refractivity contribution in [3.05, 3.63) is 34.5 Å². The molecule has 0 aliphatic heterocycles. The van der Waals surface area contributed by atoms with Gasteiger partial charge in [-0.15, -0.1) is 0 Å². The summed E-state index contributed by atoms with van der Waals surface area (Å²) in [4.78, 5) is 14.3. The van der Waals surface area contributed by atoms with Gasteiger partial charge in [0.25, 0.3) is 0 Å². The van der Waals surface area contributed by atoms with Gasteiger partial charge in [0.05, 0.1) is 5.02 Å². The molecule has 1 aromatic carbocycles. The molecule has 0 radical (unpaired) electrons. The van der Waals surface area contributed by atoms with Gasteiger partial charge in [-0.25, -0.2) is 0 Å². The van der Waals surface area contributed by atoms with Crippen LogP contribution >= 0.6 is 11.6 Å². The highest BCUT2D eigenvalue weighted by Gasteiger charge is 2.13. The van der Waals surface area contributed by atoms with E-state index in [1.807, 2.05) is 25.1 Å². The number of aromatic amines is 1. The van der Waals surface area contributed by atoms with Gasteiger partial charge in [0.2, 0.25) is 0 Å². The van der Waals surface area contributed by atoms with Gasteiger partial charge in [0, 0.05) is 17.8 Å². The molecule has 2 nitrogen and oxygen atoms in total. The molecule has 0 spiro atoms. The van der Waals surface area contributed by atoms with Crippen molar-refractivity contribution in [2.45, 2.75) is 13.8 Å². The van der Waals surface area contributed by atoms with E-state index in [0.717, 1.165) is 16.5 Å². The lowest BCUT2D eigenvalue weighted by atomic mass is 10.1. The molecule has 0 saturated heterocycles. The predicted octanol–water partition coefficient (Wildman–Crippen LogP) is 3.33. The van der Waals surface area contributed by atoms with Gasteiger partial charge in [0.15, 0.2) is 5.78 Å². The summed E-state index contributed by atoms with van der Waals surface area (Å²) < 4.78 is 0. The maximum absolute atomic E-state index is 11.2. The number of aryl methyl sites for hydroxylation is 1. The second kappa shape index (κ2) is 3.14. The van der Waals surface area contributed by atoms with Crippen molar-refractivity contribution in [2.24, 2.45) is 0 Å². The van der Waals surface area contributed by atoms with E-state index in [9.17, 15) is 4.79 Å². The normalized spacial score (nSPS) is 10.8. The molecule has 14 heavy (non-hydrogen) atoms. The highest BCUT2D eigenvalue weighted by molar-refractivity contribution is 6.39.